The normalized spacial score (nSPS) is 11.6. The van der Waals surface area contributed by atoms with E-state index in [0.29, 0.717) is 19.0 Å². The van der Waals surface area contributed by atoms with Crippen LogP contribution in [-0.4, -0.2) is 28.0 Å². The molecule has 0 aliphatic heterocycles. The van der Waals surface area contributed by atoms with E-state index in [0.717, 1.165) is 16.2 Å². The highest BCUT2D eigenvalue weighted by molar-refractivity contribution is 14.0. The molecular formula is C10H17IN4O2S2. The van der Waals surface area contributed by atoms with Crippen LogP contribution in [-0.2, 0) is 16.6 Å². The minimum Gasteiger partial charge on any atom is -0.353 e. The molecule has 19 heavy (non-hydrogen) atoms. The number of halogens is 1. The van der Waals surface area contributed by atoms with Crippen molar-refractivity contribution in [1.29, 1.82) is 0 Å². The van der Waals surface area contributed by atoms with Gasteiger partial charge in [-0.05, 0) is 12.1 Å². The van der Waals surface area contributed by atoms with Gasteiger partial charge in [0.05, 0.1) is 6.54 Å². The lowest BCUT2D eigenvalue weighted by Crippen LogP contribution is -2.36. The first-order chi connectivity index (χ1) is 8.47. The predicted molar refractivity (Wildman–Crippen MR) is 89.5 cm³/mol. The largest absolute Gasteiger partial charge is 0.353 e. The number of hydrogen-bond acceptors (Lipinski definition) is 4. The minimum atomic E-state index is -3.61. The molecule has 0 saturated carbocycles. The van der Waals surface area contributed by atoms with E-state index in [9.17, 15) is 8.42 Å². The number of nitrogens with zero attached hydrogens (tertiary/aromatic N) is 1. The Hall–Kier alpha value is -0.650. The van der Waals surface area contributed by atoms with Crippen LogP contribution in [0.5, 0.6) is 0 Å². The van der Waals surface area contributed by atoms with Crippen LogP contribution in [0.1, 0.15) is 4.88 Å². The Labute approximate surface area is 134 Å². The van der Waals surface area contributed by atoms with E-state index in [-0.39, 0.29) is 28.2 Å². The second-order valence-corrected chi connectivity index (χ2v) is 6.32. The van der Waals surface area contributed by atoms with Crippen LogP contribution in [0, 0.1) is 0 Å². The third kappa shape index (κ3) is 6.36. The van der Waals surface area contributed by atoms with Gasteiger partial charge in [-0.3, -0.25) is 4.99 Å². The minimum absolute atomic E-state index is 0. The van der Waals surface area contributed by atoms with Crippen molar-refractivity contribution in [3.8, 4) is 0 Å². The van der Waals surface area contributed by atoms with Crippen molar-refractivity contribution in [2.45, 2.75) is 10.8 Å². The number of aliphatic imine (C=N–C) groups is 1. The molecule has 0 atom stereocenters. The summed E-state index contributed by atoms with van der Waals surface area (Å²) in [5.41, 5.74) is 0. The third-order valence-corrected chi connectivity index (χ3v) is 4.51. The van der Waals surface area contributed by atoms with Gasteiger partial charge < -0.3 is 10.6 Å². The highest BCUT2D eigenvalue weighted by atomic mass is 127. The topological polar surface area (TPSA) is 96.6 Å². The number of sulfonamides is 1. The lowest BCUT2D eigenvalue weighted by Gasteiger charge is -2.08. The molecule has 0 unspecified atom stereocenters. The Bertz CT molecular complexity index is 539. The molecule has 0 aliphatic rings. The maximum atomic E-state index is 11.1. The second-order valence-electron chi connectivity index (χ2n) is 3.36. The van der Waals surface area contributed by atoms with Gasteiger partial charge in [0.25, 0.3) is 0 Å². The third-order valence-electron chi connectivity index (χ3n) is 1.98. The summed E-state index contributed by atoms with van der Waals surface area (Å²) in [6.45, 7) is 4.68. The highest BCUT2D eigenvalue weighted by Crippen LogP contribution is 2.19. The van der Waals surface area contributed by atoms with Crippen LogP contribution in [0.4, 0.5) is 0 Å². The standard InChI is InChI=1S/C10H16N4O2S2.HI/c1-3-6-13-10(12-2)14-7-8-4-5-9(17-8)18(11,15)16;/h3-5H,1,6-7H2,2H3,(H2,11,15,16)(H2,12,13,14);1H. The molecule has 0 saturated heterocycles. The maximum absolute atomic E-state index is 11.1. The zero-order valence-corrected chi connectivity index (χ0v) is 14.4. The first kappa shape index (κ1) is 18.4. The van der Waals surface area contributed by atoms with Crippen molar-refractivity contribution in [1.82, 2.24) is 10.6 Å². The average molecular weight is 416 g/mol. The predicted octanol–water partition coefficient (Wildman–Crippen LogP) is 0.864. The maximum Gasteiger partial charge on any atom is 0.247 e. The molecule has 0 fully saturated rings. The Balaban J connectivity index is 0.00000324. The quantitative estimate of drug-likeness (QED) is 0.287. The van der Waals surface area contributed by atoms with Gasteiger partial charge in [-0.15, -0.1) is 41.9 Å². The van der Waals surface area contributed by atoms with E-state index >= 15 is 0 Å². The van der Waals surface area contributed by atoms with Gasteiger partial charge in [-0.2, -0.15) is 0 Å². The Kier molecular flexibility index (Phi) is 8.22. The molecule has 1 aromatic rings. The SMILES string of the molecule is C=CCNC(=NC)NCc1ccc(S(N)(=O)=O)s1.I. The molecule has 0 radical (unpaired) electrons. The number of nitrogens with two attached hydrogens (primary N) is 1. The second kappa shape index (κ2) is 8.51. The number of primary sulfonamides is 1. The van der Waals surface area contributed by atoms with E-state index < -0.39 is 10.0 Å². The van der Waals surface area contributed by atoms with Gasteiger partial charge in [0, 0.05) is 18.5 Å². The fourth-order valence-electron chi connectivity index (χ4n) is 1.17. The van der Waals surface area contributed by atoms with Crippen molar-refractivity contribution in [3.05, 3.63) is 29.7 Å². The van der Waals surface area contributed by atoms with E-state index in [4.69, 9.17) is 5.14 Å². The van der Waals surface area contributed by atoms with Crippen LogP contribution >= 0.6 is 35.3 Å². The molecule has 0 aliphatic carbocycles. The van der Waals surface area contributed by atoms with Crippen LogP contribution in [0.2, 0.25) is 0 Å². The van der Waals surface area contributed by atoms with Gasteiger partial charge >= 0.3 is 0 Å². The molecule has 1 rings (SSSR count). The van der Waals surface area contributed by atoms with Gasteiger partial charge in [0.2, 0.25) is 10.0 Å². The summed E-state index contributed by atoms with van der Waals surface area (Å²) in [4.78, 5) is 4.87. The summed E-state index contributed by atoms with van der Waals surface area (Å²) in [5, 5.41) is 11.1. The molecule has 1 aromatic heterocycles. The molecule has 108 valence electrons. The number of rotatable bonds is 5. The van der Waals surface area contributed by atoms with Crippen LogP contribution < -0.4 is 15.8 Å². The summed E-state index contributed by atoms with van der Waals surface area (Å²) in [6, 6.07) is 3.22. The highest BCUT2D eigenvalue weighted by Gasteiger charge is 2.11. The van der Waals surface area contributed by atoms with Crippen molar-refractivity contribution >= 4 is 51.3 Å². The van der Waals surface area contributed by atoms with Crippen LogP contribution in [0.15, 0.2) is 34.0 Å². The monoisotopic (exact) mass is 416 g/mol. The first-order valence-corrected chi connectivity index (χ1v) is 7.50. The molecule has 0 spiro atoms. The summed E-state index contributed by atoms with van der Waals surface area (Å²) in [6.07, 6.45) is 1.72. The molecule has 9 heteroatoms. The summed E-state index contributed by atoms with van der Waals surface area (Å²) in [7, 11) is -1.95. The van der Waals surface area contributed by atoms with Gasteiger partial charge in [-0.1, -0.05) is 6.08 Å². The Morgan fingerprint density at radius 3 is 2.68 bits per heavy atom. The zero-order valence-electron chi connectivity index (χ0n) is 10.4. The van der Waals surface area contributed by atoms with Crippen LogP contribution in [0.3, 0.4) is 0 Å². The van der Waals surface area contributed by atoms with Crippen LogP contribution in [0.25, 0.3) is 0 Å². The Morgan fingerprint density at radius 1 is 1.53 bits per heavy atom. The Morgan fingerprint density at radius 2 is 2.21 bits per heavy atom. The van der Waals surface area contributed by atoms with Crippen molar-refractivity contribution in [2.75, 3.05) is 13.6 Å². The lowest BCUT2D eigenvalue weighted by molar-refractivity contribution is 0.600. The summed E-state index contributed by atoms with van der Waals surface area (Å²) in [5.74, 6) is 0.625. The fourth-order valence-corrected chi connectivity index (χ4v) is 2.88. The van der Waals surface area contributed by atoms with Gasteiger partial charge in [0.1, 0.15) is 4.21 Å². The molecule has 4 N–H and O–H groups in total. The van der Waals surface area contributed by atoms with Crippen molar-refractivity contribution < 1.29 is 8.42 Å². The number of hydrogen-bond donors (Lipinski definition) is 3. The lowest BCUT2D eigenvalue weighted by atomic mass is 10.4. The molecule has 0 amide bonds. The fraction of sp³-hybridized carbons (Fsp3) is 0.300. The van der Waals surface area contributed by atoms with E-state index in [1.165, 1.54) is 6.07 Å². The first-order valence-electron chi connectivity index (χ1n) is 5.14. The summed E-state index contributed by atoms with van der Waals surface area (Å²) < 4.78 is 22.4. The van der Waals surface area contributed by atoms with Crippen molar-refractivity contribution in [2.24, 2.45) is 10.1 Å². The van der Waals surface area contributed by atoms with E-state index in [2.05, 4.69) is 22.2 Å². The number of nitrogens with one attached hydrogen (secondary N) is 2. The summed E-state index contributed by atoms with van der Waals surface area (Å²) >= 11 is 1.14. The van der Waals surface area contributed by atoms with Crippen molar-refractivity contribution in [3.63, 3.8) is 0 Å². The number of thiophene rings is 1. The van der Waals surface area contributed by atoms with Gasteiger partial charge in [0.15, 0.2) is 5.96 Å². The van der Waals surface area contributed by atoms with Gasteiger partial charge in [-0.25, -0.2) is 13.6 Å². The number of guanidine groups is 1. The molecule has 1 heterocycles. The molecule has 0 aromatic carbocycles. The zero-order chi connectivity index (χ0) is 13.6. The smallest absolute Gasteiger partial charge is 0.247 e. The molecule has 0 bridgehead atoms. The average Bonchev–Trinajstić information content (AvgIpc) is 2.78. The molecule has 6 nitrogen and oxygen atoms in total. The molecular weight excluding hydrogens is 399 g/mol. The van der Waals surface area contributed by atoms with E-state index in [1.54, 1.807) is 19.2 Å². The van der Waals surface area contributed by atoms with E-state index in [1.807, 2.05) is 0 Å².